The van der Waals surface area contributed by atoms with Crippen LogP contribution in [-0.2, 0) is 4.79 Å². The Morgan fingerprint density at radius 3 is 2.37 bits per heavy atom. The number of carbonyl (C=O) groups is 2. The molecule has 2 aromatic carbocycles. The van der Waals surface area contributed by atoms with Crippen LogP contribution >= 0.6 is 11.8 Å². The fourth-order valence-corrected chi connectivity index (χ4v) is 6.72. The lowest BCUT2D eigenvalue weighted by molar-refractivity contribution is -0.123. The number of unbranched alkanes of at least 4 members (excludes halogenated alkanes) is 2. The normalized spacial score (nSPS) is 21.6. The van der Waals surface area contributed by atoms with Crippen molar-refractivity contribution in [2.24, 2.45) is 9.98 Å². The first kappa shape index (κ1) is 30.2. The predicted octanol–water partition coefficient (Wildman–Crippen LogP) is 4.27. The number of fused-ring (bicyclic) bond motifs is 1. The second-order valence-electron chi connectivity index (χ2n) is 10.7. The van der Waals surface area contributed by atoms with E-state index in [0.717, 1.165) is 25.0 Å². The molecule has 220 valence electrons. The monoisotopic (exact) mass is 582 g/mol. The number of amides is 2. The summed E-state index contributed by atoms with van der Waals surface area (Å²) in [6.45, 7) is 2.28. The molecule has 41 heavy (non-hydrogen) atoms. The third-order valence-electron chi connectivity index (χ3n) is 7.69. The van der Waals surface area contributed by atoms with Crippen molar-refractivity contribution >= 4 is 36.0 Å². The van der Waals surface area contributed by atoms with E-state index in [1.165, 1.54) is 24.6 Å². The zero-order valence-electron chi connectivity index (χ0n) is 23.1. The predicted molar refractivity (Wildman–Crippen MR) is 161 cm³/mol. The number of thioether (sulfide) groups is 1. The van der Waals surface area contributed by atoms with Crippen LogP contribution in [0, 0.1) is 0 Å². The molecule has 0 unspecified atom stereocenters. The van der Waals surface area contributed by atoms with Crippen LogP contribution in [0.5, 0.6) is 23.0 Å². The summed E-state index contributed by atoms with van der Waals surface area (Å²) in [5, 5.41) is 45.8. The summed E-state index contributed by atoms with van der Waals surface area (Å²) in [5.41, 5.74) is -0.250. The Labute approximate surface area is 244 Å². The molecule has 2 fully saturated rings. The minimum atomic E-state index is -1.01. The number of phenols is 4. The molecule has 0 bridgehead atoms. The summed E-state index contributed by atoms with van der Waals surface area (Å²) < 4.78 is 0. The number of benzene rings is 2. The number of rotatable bonds is 14. The topological polar surface area (TPSA) is 164 Å². The number of hydrogen-bond acceptors (Lipinski definition) is 9. The molecule has 0 aromatic heterocycles. The molecule has 4 rings (SSSR count). The first-order valence-corrected chi connectivity index (χ1v) is 15.0. The van der Waals surface area contributed by atoms with E-state index in [4.69, 9.17) is 0 Å². The van der Waals surface area contributed by atoms with Gasteiger partial charge >= 0.3 is 6.03 Å². The lowest BCUT2D eigenvalue weighted by Crippen LogP contribution is -2.36. The highest BCUT2D eigenvalue weighted by Gasteiger charge is 2.42. The molecule has 2 heterocycles. The van der Waals surface area contributed by atoms with E-state index in [2.05, 4.69) is 20.6 Å². The van der Waals surface area contributed by atoms with Gasteiger partial charge in [0.2, 0.25) is 0 Å². The van der Waals surface area contributed by atoms with Gasteiger partial charge in [0, 0.05) is 47.5 Å². The van der Waals surface area contributed by atoms with Gasteiger partial charge < -0.3 is 31.1 Å². The highest BCUT2D eigenvalue weighted by molar-refractivity contribution is 8.00. The maximum atomic E-state index is 13.5. The third kappa shape index (κ3) is 7.72. The van der Waals surface area contributed by atoms with Crippen LogP contribution in [0.4, 0.5) is 4.79 Å². The van der Waals surface area contributed by atoms with Crippen molar-refractivity contribution in [3.63, 3.8) is 0 Å². The van der Waals surface area contributed by atoms with Gasteiger partial charge in [0.25, 0.3) is 0 Å². The number of hydrogen-bond donors (Lipinski definition) is 6. The quantitative estimate of drug-likeness (QED) is 0.0838. The molecule has 2 saturated heterocycles. The second kappa shape index (κ2) is 13.8. The van der Waals surface area contributed by atoms with Crippen LogP contribution in [-0.4, -0.2) is 79.8 Å². The fourth-order valence-electron chi connectivity index (χ4n) is 5.17. The van der Waals surface area contributed by atoms with Crippen molar-refractivity contribution in [1.82, 2.24) is 10.6 Å². The molecule has 0 aliphatic carbocycles. The van der Waals surface area contributed by atoms with Gasteiger partial charge in [0.1, 0.15) is 5.54 Å². The summed E-state index contributed by atoms with van der Waals surface area (Å²) in [7, 11) is 0. The SMILES string of the molecule is C[C@@](CCCCN=Cc1cccc(O)c1O)(N=Cc1cccc(O)c1O)C(=O)CCCC[C@@H]1SC[C@@H]2NC(=O)N[C@@H]21. The Hall–Kier alpha value is -3.73. The maximum Gasteiger partial charge on any atom is 0.315 e. The van der Waals surface area contributed by atoms with E-state index < -0.39 is 5.54 Å². The first-order chi connectivity index (χ1) is 19.7. The van der Waals surface area contributed by atoms with Gasteiger partial charge in [-0.15, -0.1) is 0 Å². The number of ketones is 1. The molecule has 0 spiro atoms. The van der Waals surface area contributed by atoms with Gasteiger partial charge in [-0.05, 0) is 63.3 Å². The molecular formula is C30H38N4O6S. The van der Waals surface area contributed by atoms with Crippen LogP contribution in [0.2, 0.25) is 0 Å². The summed E-state index contributed by atoms with van der Waals surface area (Å²) in [6, 6.07) is 9.52. The van der Waals surface area contributed by atoms with Gasteiger partial charge in [0.05, 0.1) is 12.1 Å². The molecule has 0 radical (unpaired) electrons. The van der Waals surface area contributed by atoms with E-state index in [9.17, 15) is 30.0 Å². The summed E-state index contributed by atoms with van der Waals surface area (Å²) in [4.78, 5) is 34.0. The summed E-state index contributed by atoms with van der Waals surface area (Å²) >= 11 is 1.86. The number of para-hydroxylation sites is 2. The highest BCUT2D eigenvalue weighted by Crippen LogP contribution is 2.34. The Kier molecular flexibility index (Phi) is 10.1. The fraction of sp³-hybridized carbons (Fsp3) is 0.467. The van der Waals surface area contributed by atoms with Gasteiger partial charge in [-0.25, -0.2) is 4.79 Å². The van der Waals surface area contributed by atoms with E-state index in [0.29, 0.717) is 48.6 Å². The number of aliphatic imine (C=N–C) groups is 2. The minimum Gasteiger partial charge on any atom is -0.504 e. The Bertz CT molecular complexity index is 1300. The largest absolute Gasteiger partial charge is 0.504 e. The average molecular weight is 583 g/mol. The summed E-state index contributed by atoms with van der Waals surface area (Å²) in [5.74, 6) is -0.0350. The number of nitrogens with zero attached hydrogens (tertiary/aromatic N) is 2. The number of nitrogens with one attached hydrogen (secondary N) is 2. The summed E-state index contributed by atoms with van der Waals surface area (Å²) in [6.07, 6.45) is 7.67. The minimum absolute atomic E-state index is 0.00867. The zero-order valence-corrected chi connectivity index (χ0v) is 23.9. The molecule has 2 aliphatic heterocycles. The molecular weight excluding hydrogens is 544 g/mol. The number of aromatic hydroxyl groups is 4. The van der Waals surface area contributed by atoms with Crippen LogP contribution in [0.25, 0.3) is 0 Å². The van der Waals surface area contributed by atoms with Crippen LogP contribution < -0.4 is 10.6 Å². The maximum absolute atomic E-state index is 13.5. The molecule has 6 N–H and O–H groups in total. The Morgan fingerprint density at radius 1 is 0.976 bits per heavy atom. The molecule has 11 heteroatoms. The average Bonchev–Trinajstić information content (AvgIpc) is 3.50. The molecule has 4 atom stereocenters. The van der Waals surface area contributed by atoms with Crippen LogP contribution in [0.1, 0.15) is 63.0 Å². The second-order valence-corrected chi connectivity index (χ2v) is 12.0. The van der Waals surface area contributed by atoms with Gasteiger partial charge in [-0.2, -0.15) is 11.8 Å². The number of urea groups is 1. The lowest BCUT2D eigenvalue weighted by atomic mass is 9.87. The van der Waals surface area contributed by atoms with Crippen molar-refractivity contribution in [1.29, 1.82) is 0 Å². The highest BCUT2D eigenvalue weighted by atomic mass is 32.2. The number of phenolic OH excluding ortho intramolecular Hbond substituents is 4. The molecule has 10 nitrogen and oxygen atoms in total. The molecule has 0 saturated carbocycles. The van der Waals surface area contributed by atoms with Gasteiger partial charge in [0.15, 0.2) is 28.8 Å². The van der Waals surface area contributed by atoms with Crippen LogP contribution in [0.15, 0.2) is 46.4 Å². The van der Waals surface area contributed by atoms with Gasteiger partial charge in [-0.3, -0.25) is 14.8 Å². The van der Waals surface area contributed by atoms with Crippen molar-refractivity contribution < 1.29 is 30.0 Å². The Balaban J connectivity index is 1.32. The van der Waals surface area contributed by atoms with Crippen molar-refractivity contribution in [2.45, 2.75) is 74.7 Å². The van der Waals surface area contributed by atoms with E-state index in [1.807, 2.05) is 11.8 Å². The van der Waals surface area contributed by atoms with E-state index in [-0.39, 0.29) is 46.9 Å². The smallest absolute Gasteiger partial charge is 0.315 e. The third-order valence-corrected chi connectivity index (χ3v) is 9.20. The Morgan fingerprint density at radius 2 is 1.66 bits per heavy atom. The van der Waals surface area contributed by atoms with Crippen molar-refractivity contribution in [3.05, 3.63) is 47.5 Å². The number of Topliss-reactive ketones (excluding diaryl/α,β-unsaturated/α-hetero) is 1. The molecule has 2 aromatic rings. The van der Waals surface area contributed by atoms with E-state index >= 15 is 0 Å². The molecule has 2 aliphatic rings. The molecule has 2 amide bonds. The van der Waals surface area contributed by atoms with Crippen LogP contribution in [0.3, 0.4) is 0 Å². The number of carbonyl (C=O) groups excluding carboxylic acids is 2. The van der Waals surface area contributed by atoms with E-state index in [1.54, 1.807) is 31.2 Å². The lowest BCUT2D eigenvalue weighted by Gasteiger charge is -2.24. The first-order valence-electron chi connectivity index (χ1n) is 14.0. The standard InChI is InChI=1S/C30H38N4O6S/c1-30(32-17-20-9-7-11-23(36)28(20)39,14-4-5-15-31-16-19-8-6-10-22(35)27(19)38)25(37)13-3-2-12-24-26-21(18-41-24)33-29(40)34-26/h6-11,16-17,21,24,26,35-36,38-39H,2-5,12-15,18H2,1H3,(H2,33,34,40)/t21-,24-,26-,30-/m0/s1. The van der Waals surface area contributed by atoms with Crippen molar-refractivity contribution in [2.75, 3.05) is 12.3 Å². The zero-order chi connectivity index (χ0) is 29.4. The van der Waals surface area contributed by atoms with Gasteiger partial charge in [-0.1, -0.05) is 18.6 Å². The van der Waals surface area contributed by atoms with Crippen molar-refractivity contribution in [3.8, 4) is 23.0 Å².